The number of nitrogens with zero attached hydrogens (tertiary/aromatic N) is 3. The highest BCUT2D eigenvalue weighted by molar-refractivity contribution is 5.92. The van der Waals surface area contributed by atoms with Crippen molar-refractivity contribution >= 4 is 16.9 Å². The molecule has 0 spiro atoms. The maximum atomic E-state index is 12.2. The van der Waals surface area contributed by atoms with Gasteiger partial charge < -0.3 is 16.0 Å². The predicted molar refractivity (Wildman–Crippen MR) is 125 cm³/mol. The van der Waals surface area contributed by atoms with Gasteiger partial charge in [-0.3, -0.25) is 9.48 Å². The van der Waals surface area contributed by atoms with E-state index in [4.69, 9.17) is 5.73 Å². The quantitative estimate of drug-likeness (QED) is 0.489. The Morgan fingerprint density at radius 3 is 2.55 bits per heavy atom. The highest BCUT2D eigenvalue weighted by Crippen LogP contribution is 2.32. The molecule has 1 atom stereocenters. The van der Waals surface area contributed by atoms with Crippen molar-refractivity contribution < 1.29 is 13.6 Å². The molecule has 1 unspecified atom stereocenters. The lowest BCUT2D eigenvalue weighted by Crippen LogP contribution is -2.25. The molecule has 1 aliphatic rings. The van der Waals surface area contributed by atoms with Crippen LogP contribution in [0.1, 0.15) is 80.3 Å². The first-order valence-corrected chi connectivity index (χ1v) is 11.5. The molecule has 1 saturated carbocycles. The average Bonchev–Trinajstić information content (AvgIpc) is 3.36. The SMILES string of the molecule is CC(C)CC(N)c1ccc2nc(CNC(=O)c3ccnn3C)[nH]c2c1.FC1(F)CCCCC1. The molecular weight excluding hydrogens is 426 g/mol. The largest absolute Gasteiger partial charge is 0.343 e. The number of aromatic amines is 1. The van der Waals surface area contributed by atoms with Crippen LogP contribution in [0.15, 0.2) is 30.5 Å². The summed E-state index contributed by atoms with van der Waals surface area (Å²) in [6, 6.07) is 7.72. The van der Waals surface area contributed by atoms with Crippen LogP contribution in [0.4, 0.5) is 8.78 Å². The standard InChI is InChI=1S/C18H24N6O.C6H10F2/c1-11(2)8-13(19)12-4-5-14-15(9-12)23-17(22-14)10-20-18(25)16-6-7-21-24(16)3;7-6(8)4-2-1-3-5-6/h4-7,9,11,13H,8,10,19H2,1-3H3,(H,20,25)(H,22,23);1-5H2. The fourth-order valence-corrected chi connectivity index (χ4v) is 3.96. The molecule has 0 aliphatic heterocycles. The molecule has 9 heteroatoms. The molecule has 1 amide bonds. The average molecular weight is 461 g/mol. The third kappa shape index (κ3) is 7.08. The minimum Gasteiger partial charge on any atom is -0.343 e. The molecule has 2 aromatic heterocycles. The Hall–Kier alpha value is -2.81. The molecule has 7 nitrogen and oxygen atoms in total. The second kappa shape index (κ2) is 10.9. The Bertz CT molecular complexity index is 1050. The number of H-pyrrole nitrogens is 1. The van der Waals surface area contributed by atoms with Crippen molar-refractivity contribution in [2.24, 2.45) is 18.7 Å². The number of fused-ring (bicyclic) bond motifs is 1. The summed E-state index contributed by atoms with van der Waals surface area (Å²) in [7, 11) is 1.73. The first kappa shape index (κ1) is 24.8. The fraction of sp³-hybridized carbons (Fsp3) is 0.542. The monoisotopic (exact) mass is 460 g/mol. The number of nitrogens with one attached hydrogen (secondary N) is 2. The second-order valence-corrected chi connectivity index (χ2v) is 9.14. The van der Waals surface area contributed by atoms with Crippen LogP contribution in [-0.4, -0.2) is 31.6 Å². The normalized spacial score (nSPS) is 16.3. The van der Waals surface area contributed by atoms with Crippen molar-refractivity contribution in [3.8, 4) is 0 Å². The molecule has 180 valence electrons. The van der Waals surface area contributed by atoms with E-state index in [-0.39, 0.29) is 24.8 Å². The molecule has 4 N–H and O–H groups in total. The Kier molecular flexibility index (Phi) is 8.18. The van der Waals surface area contributed by atoms with Crippen LogP contribution in [0.2, 0.25) is 0 Å². The molecule has 0 bridgehead atoms. The summed E-state index contributed by atoms with van der Waals surface area (Å²) >= 11 is 0. The van der Waals surface area contributed by atoms with Crippen LogP contribution in [0.25, 0.3) is 11.0 Å². The van der Waals surface area contributed by atoms with Crippen molar-refractivity contribution in [2.75, 3.05) is 0 Å². The number of hydrogen-bond acceptors (Lipinski definition) is 4. The topological polar surface area (TPSA) is 102 Å². The summed E-state index contributed by atoms with van der Waals surface area (Å²) in [6.45, 7) is 4.65. The maximum Gasteiger partial charge on any atom is 0.269 e. The van der Waals surface area contributed by atoms with Gasteiger partial charge >= 0.3 is 0 Å². The zero-order valence-electron chi connectivity index (χ0n) is 19.6. The Morgan fingerprint density at radius 1 is 1.24 bits per heavy atom. The van der Waals surface area contributed by atoms with Crippen molar-refractivity contribution in [1.29, 1.82) is 0 Å². The number of nitrogens with two attached hydrogens (primary N) is 1. The van der Waals surface area contributed by atoms with Gasteiger partial charge in [-0.15, -0.1) is 0 Å². The van der Waals surface area contributed by atoms with Crippen molar-refractivity contribution in [3.05, 3.63) is 47.5 Å². The molecule has 4 rings (SSSR count). The first-order valence-electron chi connectivity index (χ1n) is 11.5. The van der Waals surface area contributed by atoms with Gasteiger partial charge in [-0.25, -0.2) is 13.8 Å². The molecule has 0 radical (unpaired) electrons. The molecular formula is C24H34F2N6O. The fourth-order valence-electron chi connectivity index (χ4n) is 3.96. The molecule has 2 heterocycles. The highest BCUT2D eigenvalue weighted by atomic mass is 19.3. The van der Waals surface area contributed by atoms with Gasteiger partial charge in [0.15, 0.2) is 0 Å². The van der Waals surface area contributed by atoms with E-state index >= 15 is 0 Å². The summed E-state index contributed by atoms with van der Waals surface area (Å²) in [5.74, 6) is -1.25. The van der Waals surface area contributed by atoms with Gasteiger partial charge in [-0.2, -0.15) is 5.10 Å². The van der Waals surface area contributed by atoms with Gasteiger partial charge in [0.25, 0.3) is 5.91 Å². The van der Waals surface area contributed by atoms with Gasteiger partial charge in [-0.05, 0) is 48.9 Å². The van der Waals surface area contributed by atoms with E-state index in [1.165, 1.54) is 4.68 Å². The predicted octanol–water partition coefficient (Wildman–Crippen LogP) is 4.86. The summed E-state index contributed by atoms with van der Waals surface area (Å²) in [5.41, 5.74) is 9.66. The number of amides is 1. The van der Waals surface area contributed by atoms with E-state index in [1.807, 2.05) is 18.2 Å². The molecule has 1 fully saturated rings. The number of hydrogen-bond donors (Lipinski definition) is 3. The number of aromatic nitrogens is 4. The molecule has 1 aromatic carbocycles. The summed E-state index contributed by atoms with van der Waals surface area (Å²) in [5, 5.41) is 6.84. The maximum absolute atomic E-state index is 12.2. The van der Waals surface area contributed by atoms with Crippen molar-refractivity contribution in [3.63, 3.8) is 0 Å². The summed E-state index contributed by atoms with van der Waals surface area (Å²) in [4.78, 5) is 19.9. The minimum absolute atomic E-state index is 0.0145. The van der Waals surface area contributed by atoms with Gasteiger partial charge in [0.05, 0.1) is 17.6 Å². The zero-order chi connectivity index (χ0) is 24.0. The van der Waals surface area contributed by atoms with Crippen LogP contribution in [0.5, 0.6) is 0 Å². The summed E-state index contributed by atoms with van der Waals surface area (Å²) in [6.07, 6.45) is 5.20. The molecule has 0 saturated heterocycles. The number of benzene rings is 1. The number of aryl methyl sites for hydroxylation is 1. The van der Waals surface area contributed by atoms with E-state index in [2.05, 4.69) is 34.2 Å². The van der Waals surface area contributed by atoms with E-state index < -0.39 is 5.92 Å². The van der Waals surface area contributed by atoms with Crippen LogP contribution < -0.4 is 11.1 Å². The number of alkyl halides is 2. The third-order valence-corrected chi connectivity index (χ3v) is 5.76. The van der Waals surface area contributed by atoms with Crippen molar-refractivity contribution in [1.82, 2.24) is 25.1 Å². The van der Waals surface area contributed by atoms with Gasteiger partial charge in [0, 0.05) is 32.1 Å². The Balaban J connectivity index is 0.000000323. The van der Waals surface area contributed by atoms with Crippen molar-refractivity contribution in [2.45, 2.75) is 70.9 Å². The van der Waals surface area contributed by atoms with Crippen LogP contribution in [0.3, 0.4) is 0 Å². The molecule has 3 aromatic rings. The zero-order valence-corrected chi connectivity index (χ0v) is 19.6. The third-order valence-electron chi connectivity index (χ3n) is 5.76. The van der Waals surface area contributed by atoms with E-state index in [1.54, 1.807) is 19.3 Å². The summed E-state index contributed by atoms with van der Waals surface area (Å²) < 4.78 is 25.9. The Labute approximate surface area is 193 Å². The highest BCUT2D eigenvalue weighted by Gasteiger charge is 2.30. The Morgan fingerprint density at radius 2 is 1.97 bits per heavy atom. The molecule has 1 aliphatic carbocycles. The lowest BCUT2D eigenvalue weighted by molar-refractivity contribution is -0.0337. The van der Waals surface area contributed by atoms with Crippen LogP contribution in [0, 0.1) is 5.92 Å². The number of carbonyl (C=O) groups excluding carboxylic acids is 1. The van der Waals surface area contributed by atoms with Gasteiger partial charge in [0.2, 0.25) is 5.92 Å². The van der Waals surface area contributed by atoms with Gasteiger partial charge in [-0.1, -0.05) is 26.3 Å². The minimum atomic E-state index is -2.32. The van der Waals surface area contributed by atoms with E-state index in [9.17, 15) is 13.6 Å². The first-order chi connectivity index (χ1) is 15.6. The lowest BCUT2D eigenvalue weighted by Gasteiger charge is -2.20. The number of halogens is 2. The number of imidazole rings is 1. The number of rotatable bonds is 6. The number of carbonyl (C=O) groups is 1. The van der Waals surface area contributed by atoms with Gasteiger partial charge in [0.1, 0.15) is 11.5 Å². The smallest absolute Gasteiger partial charge is 0.269 e. The molecule has 33 heavy (non-hydrogen) atoms. The lowest BCUT2D eigenvalue weighted by atomic mass is 9.97. The second-order valence-electron chi connectivity index (χ2n) is 9.14. The van der Waals surface area contributed by atoms with E-state index in [0.717, 1.165) is 29.4 Å². The van der Waals surface area contributed by atoms with Crippen LogP contribution >= 0.6 is 0 Å². The van der Waals surface area contributed by atoms with Crippen LogP contribution in [-0.2, 0) is 13.6 Å². The van der Waals surface area contributed by atoms with E-state index in [0.29, 0.717) is 36.8 Å².